The van der Waals surface area contributed by atoms with Gasteiger partial charge in [-0.05, 0) is 42.5 Å². The Bertz CT molecular complexity index is 584. The molecule has 0 aliphatic rings. The van der Waals surface area contributed by atoms with Crippen molar-refractivity contribution in [1.82, 2.24) is 14.9 Å². The number of likely N-dealkylation sites (N-methyl/N-ethyl adjacent to an activating group) is 1. The lowest BCUT2D eigenvalue weighted by Crippen LogP contribution is -2.20. The molecule has 0 aliphatic heterocycles. The van der Waals surface area contributed by atoms with Crippen molar-refractivity contribution in [2.45, 2.75) is 32.2 Å². The smallest absolute Gasteiger partial charge is 0.129 e. The predicted molar refractivity (Wildman–Crippen MR) is 75.9 cm³/mol. The molecule has 3 nitrogen and oxygen atoms in total. The van der Waals surface area contributed by atoms with E-state index in [1.165, 1.54) is 23.7 Å². The van der Waals surface area contributed by atoms with E-state index in [0.29, 0.717) is 12.0 Å². The van der Waals surface area contributed by atoms with Gasteiger partial charge < -0.3 is 5.32 Å². The van der Waals surface area contributed by atoms with Crippen LogP contribution in [0.15, 0.2) is 18.2 Å². The van der Waals surface area contributed by atoms with Gasteiger partial charge in [-0.2, -0.15) is 0 Å². The summed E-state index contributed by atoms with van der Waals surface area (Å²) in [6, 6.07) is 3.60. The van der Waals surface area contributed by atoms with Crippen LogP contribution in [-0.2, 0) is 6.42 Å². The van der Waals surface area contributed by atoms with Gasteiger partial charge in [0.05, 0.1) is 10.6 Å². The second-order valence-electron chi connectivity index (χ2n) is 4.96. The topological polar surface area (TPSA) is 37.8 Å². The Balaban J connectivity index is 2.26. The molecule has 1 atom stereocenters. The fourth-order valence-corrected chi connectivity index (χ4v) is 2.99. The van der Waals surface area contributed by atoms with Crippen molar-refractivity contribution < 1.29 is 8.78 Å². The largest absolute Gasteiger partial charge is 0.312 e. The zero-order valence-electron chi connectivity index (χ0n) is 11.7. The summed E-state index contributed by atoms with van der Waals surface area (Å²) < 4.78 is 30.7. The van der Waals surface area contributed by atoms with Crippen LogP contribution in [0.2, 0.25) is 0 Å². The highest BCUT2D eigenvalue weighted by Crippen LogP contribution is 2.29. The fraction of sp³-hybridized carbons (Fsp3) is 0.429. The third kappa shape index (κ3) is 3.19. The highest BCUT2D eigenvalue weighted by molar-refractivity contribution is 7.05. The van der Waals surface area contributed by atoms with E-state index in [9.17, 15) is 8.78 Å². The zero-order valence-corrected chi connectivity index (χ0v) is 12.5. The molecular weight excluding hydrogens is 280 g/mol. The molecule has 0 saturated carbocycles. The first-order chi connectivity index (χ1) is 9.52. The van der Waals surface area contributed by atoms with E-state index in [4.69, 9.17) is 0 Å². The summed E-state index contributed by atoms with van der Waals surface area (Å²) in [6.45, 7) is 4.09. The quantitative estimate of drug-likeness (QED) is 0.918. The minimum atomic E-state index is -0.561. The highest BCUT2D eigenvalue weighted by atomic mass is 32.1. The minimum absolute atomic E-state index is 0.0765. The average molecular weight is 297 g/mol. The van der Waals surface area contributed by atoms with Crippen LogP contribution in [0.25, 0.3) is 0 Å². The average Bonchev–Trinajstić information content (AvgIpc) is 2.87. The van der Waals surface area contributed by atoms with Crippen LogP contribution in [0.3, 0.4) is 0 Å². The van der Waals surface area contributed by atoms with Gasteiger partial charge in [-0.25, -0.2) is 8.78 Å². The van der Waals surface area contributed by atoms with Crippen LogP contribution in [0.4, 0.5) is 8.78 Å². The van der Waals surface area contributed by atoms with Crippen LogP contribution in [0.1, 0.15) is 41.9 Å². The molecule has 1 heterocycles. The van der Waals surface area contributed by atoms with E-state index < -0.39 is 11.6 Å². The number of hydrogen-bond acceptors (Lipinski definition) is 4. The fourth-order valence-electron chi connectivity index (χ4n) is 2.08. The number of rotatable bonds is 5. The number of aromatic nitrogens is 2. The van der Waals surface area contributed by atoms with Crippen molar-refractivity contribution in [2.24, 2.45) is 0 Å². The Kier molecular flexibility index (Phi) is 4.77. The van der Waals surface area contributed by atoms with Crippen molar-refractivity contribution in [3.8, 4) is 0 Å². The maximum absolute atomic E-state index is 13.8. The maximum atomic E-state index is 13.8. The van der Waals surface area contributed by atoms with Gasteiger partial charge in [0.25, 0.3) is 0 Å². The van der Waals surface area contributed by atoms with Crippen LogP contribution in [0.5, 0.6) is 0 Å². The Morgan fingerprint density at radius 2 is 2.05 bits per heavy atom. The van der Waals surface area contributed by atoms with Crippen LogP contribution in [0, 0.1) is 11.6 Å². The second-order valence-corrected chi connectivity index (χ2v) is 5.74. The summed E-state index contributed by atoms with van der Waals surface area (Å²) in [5, 5.41) is 7.30. The number of nitrogens with zero attached hydrogens (tertiary/aromatic N) is 2. The molecule has 108 valence electrons. The third-order valence-corrected chi connectivity index (χ3v) is 4.04. The Labute approximate surface area is 121 Å². The lowest BCUT2D eigenvalue weighted by Gasteiger charge is -2.17. The van der Waals surface area contributed by atoms with Crippen LogP contribution >= 0.6 is 11.5 Å². The molecule has 0 aliphatic carbocycles. The molecule has 0 fully saturated rings. The van der Waals surface area contributed by atoms with E-state index in [1.807, 2.05) is 20.9 Å². The summed E-state index contributed by atoms with van der Waals surface area (Å²) in [4.78, 5) is 1.01. The summed E-state index contributed by atoms with van der Waals surface area (Å²) in [5.74, 6) is -0.818. The molecule has 0 bridgehead atoms. The molecule has 0 amide bonds. The van der Waals surface area contributed by atoms with E-state index >= 15 is 0 Å². The Morgan fingerprint density at radius 3 is 2.65 bits per heavy atom. The Morgan fingerprint density at radius 1 is 1.30 bits per heavy atom. The van der Waals surface area contributed by atoms with Gasteiger partial charge in [0.1, 0.15) is 11.6 Å². The monoisotopic (exact) mass is 297 g/mol. The van der Waals surface area contributed by atoms with Gasteiger partial charge in [-0.1, -0.05) is 24.4 Å². The first-order valence-corrected chi connectivity index (χ1v) is 7.23. The standard InChI is InChI=1S/C14H17F2N3S/c1-8(2)13-14(20-19-18-13)12(17-3)6-9-4-5-10(15)7-11(9)16/h4-5,7-8,12,17H,6H2,1-3H3. The number of benzene rings is 1. The Hall–Kier alpha value is -1.40. The highest BCUT2D eigenvalue weighted by Gasteiger charge is 2.21. The van der Waals surface area contributed by atoms with Gasteiger partial charge >= 0.3 is 0 Å². The molecule has 1 aromatic heterocycles. The van der Waals surface area contributed by atoms with Crippen molar-refractivity contribution >= 4 is 11.5 Å². The molecule has 0 spiro atoms. The first kappa shape index (κ1) is 15.0. The minimum Gasteiger partial charge on any atom is -0.312 e. The second kappa shape index (κ2) is 6.37. The van der Waals surface area contributed by atoms with E-state index in [2.05, 4.69) is 14.9 Å². The molecule has 1 N–H and O–H groups in total. The lowest BCUT2D eigenvalue weighted by molar-refractivity contribution is 0.540. The van der Waals surface area contributed by atoms with Crippen molar-refractivity contribution in [2.75, 3.05) is 7.05 Å². The molecule has 1 aromatic carbocycles. The van der Waals surface area contributed by atoms with Gasteiger partial charge in [-0.3, -0.25) is 0 Å². The summed E-state index contributed by atoms with van der Waals surface area (Å²) in [6.07, 6.45) is 0.437. The molecule has 20 heavy (non-hydrogen) atoms. The summed E-state index contributed by atoms with van der Waals surface area (Å²) in [7, 11) is 1.82. The lowest BCUT2D eigenvalue weighted by atomic mass is 10.00. The van der Waals surface area contributed by atoms with Gasteiger partial charge in [0.2, 0.25) is 0 Å². The molecule has 6 heteroatoms. The molecular formula is C14H17F2N3S. The summed E-state index contributed by atoms with van der Waals surface area (Å²) in [5.41, 5.74) is 1.41. The zero-order chi connectivity index (χ0) is 14.7. The van der Waals surface area contributed by atoms with E-state index in [-0.39, 0.29) is 12.0 Å². The predicted octanol–water partition coefficient (Wildman–Crippen LogP) is 3.44. The van der Waals surface area contributed by atoms with Crippen molar-refractivity contribution in [3.05, 3.63) is 46.0 Å². The van der Waals surface area contributed by atoms with Crippen molar-refractivity contribution in [1.29, 1.82) is 0 Å². The van der Waals surface area contributed by atoms with Crippen molar-refractivity contribution in [3.63, 3.8) is 0 Å². The van der Waals surface area contributed by atoms with Gasteiger partial charge in [-0.15, -0.1) is 5.10 Å². The normalized spacial score (nSPS) is 12.9. The molecule has 0 saturated heterocycles. The first-order valence-electron chi connectivity index (χ1n) is 6.46. The number of halogens is 2. The van der Waals surface area contributed by atoms with Crippen LogP contribution in [-0.4, -0.2) is 16.6 Å². The number of hydrogen-bond donors (Lipinski definition) is 1. The summed E-state index contributed by atoms with van der Waals surface area (Å²) >= 11 is 1.32. The number of nitrogens with one attached hydrogen (secondary N) is 1. The van der Waals surface area contributed by atoms with E-state index in [1.54, 1.807) is 0 Å². The third-order valence-electron chi connectivity index (χ3n) is 3.19. The maximum Gasteiger partial charge on any atom is 0.129 e. The SMILES string of the molecule is CNC(Cc1ccc(F)cc1F)c1snnc1C(C)C. The van der Waals surface area contributed by atoms with Gasteiger partial charge in [0, 0.05) is 12.1 Å². The van der Waals surface area contributed by atoms with E-state index in [0.717, 1.165) is 16.6 Å². The van der Waals surface area contributed by atoms with Crippen LogP contribution < -0.4 is 5.32 Å². The van der Waals surface area contributed by atoms with Gasteiger partial charge in [0.15, 0.2) is 0 Å². The molecule has 1 unspecified atom stereocenters. The molecule has 2 rings (SSSR count). The molecule has 0 radical (unpaired) electrons. The molecule has 2 aromatic rings.